The summed E-state index contributed by atoms with van der Waals surface area (Å²) in [6, 6.07) is 0.956. The van der Waals surface area contributed by atoms with Crippen LogP contribution in [0, 0.1) is 29.3 Å². The second kappa shape index (κ2) is 7.33. The molecular weight excluding hydrogens is 455 g/mol. The van der Waals surface area contributed by atoms with Gasteiger partial charge in [-0.2, -0.15) is 0 Å². The molecule has 0 radical (unpaired) electrons. The second-order valence-electron chi connectivity index (χ2n) is 9.30. The number of aromatic nitrogens is 1. The van der Waals surface area contributed by atoms with Crippen molar-refractivity contribution < 1.29 is 32.6 Å². The Morgan fingerprint density at radius 2 is 1.85 bits per heavy atom. The van der Waals surface area contributed by atoms with Gasteiger partial charge in [0, 0.05) is 36.5 Å². The quantitative estimate of drug-likeness (QED) is 0.706. The Balaban J connectivity index is 1.29. The molecule has 34 heavy (non-hydrogen) atoms. The normalized spacial score (nSPS) is 28.6. The summed E-state index contributed by atoms with van der Waals surface area (Å²) < 4.78 is 48.3. The van der Waals surface area contributed by atoms with Gasteiger partial charge in [-0.25, -0.2) is 13.2 Å². The van der Waals surface area contributed by atoms with Crippen molar-refractivity contribution >= 4 is 11.8 Å². The van der Waals surface area contributed by atoms with Crippen LogP contribution in [0.1, 0.15) is 45.7 Å². The highest BCUT2D eigenvalue weighted by atomic mass is 19.1. The molecule has 2 amide bonds. The minimum atomic E-state index is -1.19. The van der Waals surface area contributed by atoms with Crippen LogP contribution >= 0.6 is 0 Å². The van der Waals surface area contributed by atoms with Crippen LogP contribution in [0.15, 0.2) is 23.1 Å². The van der Waals surface area contributed by atoms with Gasteiger partial charge in [0.1, 0.15) is 23.0 Å². The summed E-state index contributed by atoms with van der Waals surface area (Å²) in [5.41, 5.74) is -2.36. The number of rotatable bonds is 3. The Morgan fingerprint density at radius 1 is 1.15 bits per heavy atom. The average molecular weight is 475 g/mol. The van der Waals surface area contributed by atoms with Crippen LogP contribution in [-0.4, -0.2) is 44.8 Å². The molecule has 2 bridgehead atoms. The molecule has 1 aromatic carbocycles. The lowest BCUT2D eigenvalue weighted by molar-refractivity contribution is -0.138. The first-order valence-corrected chi connectivity index (χ1v) is 11.1. The molecular formula is C23H20F3N3O5. The van der Waals surface area contributed by atoms with Crippen LogP contribution in [0.25, 0.3) is 0 Å². The summed E-state index contributed by atoms with van der Waals surface area (Å²) >= 11 is 0. The topological polar surface area (TPSA) is 101 Å². The number of hydrogen-bond acceptors (Lipinski definition) is 5. The van der Waals surface area contributed by atoms with Crippen LogP contribution in [0.4, 0.5) is 13.2 Å². The van der Waals surface area contributed by atoms with E-state index in [1.807, 2.05) is 0 Å². The predicted molar refractivity (Wildman–Crippen MR) is 109 cm³/mol. The fourth-order valence-electron chi connectivity index (χ4n) is 5.92. The van der Waals surface area contributed by atoms with Crippen LogP contribution in [0.2, 0.25) is 0 Å². The van der Waals surface area contributed by atoms with E-state index in [-0.39, 0.29) is 24.4 Å². The van der Waals surface area contributed by atoms with Crippen molar-refractivity contribution in [2.24, 2.45) is 11.8 Å². The molecule has 6 rings (SSSR count). The number of hydrogen-bond donors (Lipinski definition) is 2. The number of nitrogens with one attached hydrogen (secondary N) is 1. The average Bonchev–Trinajstić information content (AvgIpc) is 2.92. The molecule has 11 heteroatoms. The lowest BCUT2D eigenvalue weighted by Gasteiger charge is -2.45. The highest BCUT2D eigenvalue weighted by Crippen LogP contribution is 2.54. The van der Waals surface area contributed by atoms with Crippen LogP contribution in [0.3, 0.4) is 0 Å². The Kier molecular flexibility index (Phi) is 4.57. The maximum atomic E-state index is 13.9. The zero-order valence-corrected chi connectivity index (χ0v) is 17.8. The molecule has 3 fully saturated rings. The molecule has 3 heterocycles. The second-order valence-corrected chi connectivity index (χ2v) is 9.30. The van der Waals surface area contributed by atoms with E-state index in [1.54, 1.807) is 4.90 Å². The molecule has 2 aliphatic carbocycles. The standard InChI is InChI=1S/C23H20F3N3O5/c24-9-3-14(25)12(15(26)4-9)6-27-22(32)13-7-28-8-18-29(23(33)19(28)21(31)20(13)30)16-5-17(34-18)11-2-1-10(11)16/h3-4,7,10-11,16-18,31H,1-2,5-6,8H2,(H,27,32)/t10-,11+,16-,17+,18?/m1/s1. The van der Waals surface area contributed by atoms with Crippen LogP contribution < -0.4 is 10.7 Å². The third kappa shape index (κ3) is 2.92. The molecule has 1 aromatic heterocycles. The number of pyridine rings is 1. The number of nitrogens with zero attached hydrogens (tertiary/aromatic N) is 2. The van der Waals surface area contributed by atoms with Crippen molar-refractivity contribution in [3.05, 3.63) is 62.8 Å². The first kappa shape index (κ1) is 21.2. The number of halogens is 3. The molecule has 4 aliphatic rings. The smallest absolute Gasteiger partial charge is 0.276 e. The number of benzene rings is 1. The van der Waals surface area contributed by atoms with Gasteiger partial charge in [0.05, 0.1) is 12.6 Å². The molecule has 5 atom stereocenters. The summed E-state index contributed by atoms with van der Waals surface area (Å²) in [4.78, 5) is 40.3. The van der Waals surface area contributed by atoms with Gasteiger partial charge in [-0.3, -0.25) is 14.4 Å². The lowest BCUT2D eigenvalue weighted by atomic mass is 9.74. The van der Waals surface area contributed by atoms with E-state index in [2.05, 4.69) is 5.32 Å². The number of carbonyl (C=O) groups is 2. The molecule has 2 aromatic rings. The van der Waals surface area contributed by atoms with Gasteiger partial charge in [-0.15, -0.1) is 0 Å². The summed E-state index contributed by atoms with van der Waals surface area (Å²) in [5.74, 6) is -5.10. The molecule has 2 aliphatic heterocycles. The fraction of sp³-hybridized carbons (Fsp3) is 0.435. The zero-order chi connectivity index (χ0) is 23.9. The van der Waals surface area contributed by atoms with E-state index >= 15 is 0 Å². The van der Waals surface area contributed by atoms with Gasteiger partial charge < -0.3 is 24.6 Å². The molecule has 1 unspecified atom stereocenters. The largest absolute Gasteiger partial charge is 0.503 e. The highest BCUT2D eigenvalue weighted by molar-refractivity contribution is 5.99. The molecule has 178 valence electrons. The van der Waals surface area contributed by atoms with Crippen molar-refractivity contribution in [3.63, 3.8) is 0 Å². The molecule has 1 saturated heterocycles. The number of carbonyl (C=O) groups excluding carboxylic acids is 2. The van der Waals surface area contributed by atoms with Gasteiger partial charge in [0.25, 0.3) is 11.8 Å². The molecule has 2 saturated carbocycles. The third-order valence-electron chi connectivity index (χ3n) is 7.65. The van der Waals surface area contributed by atoms with E-state index in [4.69, 9.17) is 4.74 Å². The maximum Gasteiger partial charge on any atom is 0.276 e. The van der Waals surface area contributed by atoms with Gasteiger partial charge in [-0.1, -0.05) is 0 Å². The van der Waals surface area contributed by atoms with Crippen molar-refractivity contribution in [2.75, 3.05) is 0 Å². The van der Waals surface area contributed by atoms with Crippen LogP contribution in [-0.2, 0) is 17.8 Å². The van der Waals surface area contributed by atoms with Gasteiger partial charge in [-0.05, 0) is 31.1 Å². The van der Waals surface area contributed by atoms with E-state index in [9.17, 15) is 32.7 Å². The first-order valence-electron chi connectivity index (χ1n) is 11.1. The maximum absolute atomic E-state index is 13.9. The monoisotopic (exact) mass is 475 g/mol. The number of ether oxygens (including phenoxy) is 1. The third-order valence-corrected chi connectivity index (χ3v) is 7.65. The van der Waals surface area contributed by atoms with E-state index in [1.165, 1.54) is 4.57 Å². The molecule has 0 spiro atoms. The Bertz CT molecular complexity index is 1290. The highest BCUT2D eigenvalue weighted by Gasteiger charge is 2.58. The molecule has 8 nitrogen and oxygen atoms in total. The summed E-state index contributed by atoms with van der Waals surface area (Å²) in [6.45, 7) is -0.522. The van der Waals surface area contributed by atoms with Crippen molar-refractivity contribution in [2.45, 2.75) is 50.7 Å². The Hall–Kier alpha value is -3.34. The Labute approximate surface area is 190 Å². The van der Waals surface area contributed by atoms with Crippen LogP contribution in [0.5, 0.6) is 5.75 Å². The Morgan fingerprint density at radius 3 is 2.53 bits per heavy atom. The number of fused-ring (bicyclic) bond motifs is 8. The van der Waals surface area contributed by atoms with Crippen molar-refractivity contribution in [1.82, 2.24) is 14.8 Å². The fourth-order valence-corrected chi connectivity index (χ4v) is 5.92. The zero-order valence-electron chi connectivity index (χ0n) is 17.8. The predicted octanol–water partition coefficient (Wildman–Crippen LogP) is 1.88. The summed E-state index contributed by atoms with van der Waals surface area (Å²) in [5, 5.41) is 12.8. The minimum absolute atomic E-state index is 0.00160. The van der Waals surface area contributed by atoms with Crippen molar-refractivity contribution in [1.29, 1.82) is 0 Å². The van der Waals surface area contributed by atoms with Crippen molar-refractivity contribution in [3.8, 4) is 5.75 Å². The van der Waals surface area contributed by atoms with Gasteiger partial charge >= 0.3 is 0 Å². The molecule has 2 N–H and O–H groups in total. The van der Waals surface area contributed by atoms with E-state index in [0.29, 0.717) is 24.0 Å². The first-order chi connectivity index (χ1) is 16.2. The number of amides is 2. The van der Waals surface area contributed by atoms with E-state index in [0.717, 1.165) is 25.5 Å². The summed E-state index contributed by atoms with van der Waals surface area (Å²) in [6.07, 6.45) is 3.44. The lowest BCUT2D eigenvalue weighted by Crippen LogP contribution is -2.58. The number of aromatic hydroxyl groups is 1. The summed E-state index contributed by atoms with van der Waals surface area (Å²) in [7, 11) is 0. The van der Waals surface area contributed by atoms with E-state index < -0.39 is 64.3 Å². The minimum Gasteiger partial charge on any atom is -0.503 e. The van der Waals surface area contributed by atoms with Gasteiger partial charge in [0.2, 0.25) is 5.43 Å². The SMILES string of the molecule is O=C(NCc1c(F)cc(F)cc1F)c1cn2c(c(O)c1=O)C(=O)N1C(C2)O[C@H]2C[C@@H]1[C@@H]1CC[C@@H]12. The van der Waals surface area contributed by atoms with Gasteiger partial charge in [0.15, 0.2) is 17.7 Å².